The Morgan fingerprint density at radius 2 is 1.61 bits per heavy atom. The molecule has 1 aromatic heterocycles. The molecule has 0 aliphatic carbocycles. The molecule has 146 valence electrons. The highest BCUT2D eigenvalue weighted by Crippen LogP contribution is 2.24. The Morgan fingerprint density at radius 3 is 2.21 bits per heavy atom. The van der Waals surface area contributed by atoms with Gasteiger partial charge in [-0.15, -0.1) is 10.2 Å². The standard InChI is InChI=1S/C21H22N2O3S2/c1-21(2,3)28(25,26)14-15-9-11-16(12-10-15)18(24)13-19-22-23-20(27-19)17-7-5-4-6-8-17/h4-12H,13-14H2,1-3H3. The van der Waals surface area contributed by atoms with Crippen molar-refractivity contribution in [3.8, 4) is 10.6 Å². The Kier molecular flexibility index (Phi) is 5.76. The van der Waals surface area contributed by atoms with Crippen molar-refractivity contribution in [1.82, 2.24) is 10.2 Å². The number of carbonyl (C=O) groups excluding carboxylic acids is 1. The van der Waals surface area contributed by atoms with E-state index in [1.165, 1.54) is 11.3 Å². The SMILES string of the molecule is CC(C)(C)S(=O)(=O)Cc1ccc(C(=O)Cc2nnc(-c3ccccc3)s2)cc1. The fourth-order valence-corrected chi connectivity index (χ4v) is 4.39. The lowest BCUT2D eigenvalue weighted by Crippen LogP contribution is -2.29. The number of benzene rings is 2. The molecule has 0 saturated heterocycles. The van der Waals surface area contributed by atoms with Gasteiger partial charge >= 0.3 is 0 Å². The van der Waals surface area contributed by atoms with Crippen LogP contribution in [0, 0.1) is 0 Å². The smallest absolute Gasteiger partial charge is 0.169 e. The second kappa shape index (κ2) is 7.93. The Morgan fingerprint density at radius 1 is 0.964 bits per heavy atom. The summed E-state index contributed by atoms with van der Waals surface area (Å²) >= 11 is 1.40. The monoisotopic (exact) mass is 414 g/mol. The van der Waals surface area contributed by atoms with E-state index in [2.05, 4.69) is 10.2 Å². The summed E-state index contributed by atoms with van der Waals surface area (Å²) in [4.78, 5) is 12.5. The number of nitrogens with zero attached hydrogens (tertiary/aromatic N) is 2. The van der Waals surface area contributed by atoms with Gasteiger partial charge < -0.3 is 0 Å². The van der Waals surface area contributed by atoms with E-state index in [1.807, 2.05) is 30.3 Å². The highest BCUT2D eigenvalue weighted by atomic mass is 32.2. The zero-order valence-corrected chi connectivity index (χ0v) is 17.7. The summed E-state index contributed by atoms with van der Waals surface area (Å²) in [5, 5.41) is 9.72. The Bertz CT molecular complexity index is 1060. The molecule has 0 radical (unpaired) electrons. The minimum Gasteiger partial charge on any atom is -0.294 e. The molecule has 3 rings (SSSR count). The highest BCUT2D eigenvalue weighted by Gasteiger charge is 2.28. The zero-order valence-electron chi connectivity index (χ0n) is 16.0. The third-order valence-corrected chi connectivity index (χ3v) is 7.92. The van der Waals surface area contributed by atoms with Gasteiger partial charge in [0.2, 0.25) is 0 Å². The van der Waals surface area contributed by atoms with Crippen LogP contribution in [0.2, 0.25) is 0 Å². The van der Waals surface area contributed by atoms with Crippen molar-refractivity contribution < 1.29 is 13.2 Å². The molecule has 0 N–H and O–H groups in total. The van der Waals surface area contributed by atoms with Crippen molar-refractivity contribution in [2.24, 2.45) is 0 Å². The van der Waals surface area contributed by atoms with Crippen LogP contribution in [-0.4, -0.2) is 29.1 Å². The van der Waals surface area contributed by atoms with E-state index in [9.17, 15) is 13.2 Å². The second-order valence-electron chi connectivity index (χ2n) is 7.54. The first-order valence-corrected chi connectivity index (χ1v) is 11.3. The van der Waals surface area contributed by atoms with Gasteiger partial charge in [0.1, 0.15) is 10.0 Å². The maximum Gasteiger partial charge on any atom is 0.169 e. The molecular weight excluding hydrogens is 392 g/mol. The van der Waals surface area contributed by atoms with Crippen molar-refractivity contribution in [3.05, 3.63) is 70.7 Å². The van der Waals surface area contributed by atoms with Crippen molar-refractivity contribution in [2.75, 3.05) is 0 Å². The molecule has 0 aliphatic rings. The summed E-state index contributed by atoms with van der Waals surface area (Å²) < 4.78 is 23.8. The lowest BCUT2D eigenvalue weighted by Gasteiger charge is -2.19. The number of hydrogen-bond acceptors (Lipinski definition) is 6. The molecule has 0 atom stereocenters. The summed E-state index contributed by atoms with van der Waals surface area (Å²) in [5.74, 6) is -0.108. The minimum atomic E-state index is -3.26. The van der Waals surface area contributed by atoms with Crippen LogP contribution in [0.3, 0.4) is 0 Å². The summed E-state index contributed by atoms with van der Waals surface area (Å²) in [5.41, 5.74) is 2.19. The van der Waals surface area contributed by atoms with E-state index in [0.29, 0.717) is 16.1 Å². The number of rotatable bonds is 6. The molecule has 2 aromatic carbocycles. The Labute approximate surface area is 169 Å². The van der Waals surface area contributed by atoms with Crippen LogP contribution in [0.5, 0.6) is 0 Å². The van der Waals surface area contributed by atoms with Gasteiger partial charge in [-0.05, 0) is 26.3 Å². The highest BCUT2D eigenvalue weighted by molar-refractivity contribution is 7.91. The molecule has 5 nitrogen and oxygen atoms in total. The fraction of sp³-hybridized carbons (Fsp3) is 0.286. The van der Waals surface area contributed by atoms with Gasteiger partial charge in [0.25, 0.3) is 0 Å². The second-order valence-corrected chi connectivity index (χ2v) is 11.3. The average molecular weight is 415 g/mol. The van der Waals surface area contributed by atoms with Crippen LogP contribution in [0.15, 0.2) is 54.6 Å². The molecule has 7 heteroatoms. The lowest BCUT2D eigenvalue weighted by molar-refractivity contribution is 0.0992. The largest absolute Gasteiger partial charge is 0.294 e. The molecular formula is C21H22N2O3S2. The lowest BCUT2D eigenvalue weighted by atomic mass is 10.1. The van der Waals surface area contributed by atoms with Crippen LogP contribution in [0.4, 0.5) is 0 Å². The van der Waals surface area contributed by atoms with Crippen molar-refractivity contribution in [3.63, 3.8) is 0 Å². The van der Waals surface area contributed by atoms with E-state index >= 15 is 0 Å². The predicted molar refractivity (Wildman–Crippen MR) is 112 cm³/mol. The predicted octanol–water partition coefficient (Wildman–Crippen LogP) is 4.34. The number of sulfone groups is 1. The number of carbonyl (C=O) groups is 1. The first-order valence-electron chi connectivity index (χ1n) is 8.88. The van der Waals surface area contributed by atoms with Gasteiger partial charge in [-0.1, -0.05) is 65.9 Å². The van der Waals surface area contributed by atoms with Gasteiger partial charge in [0, 0.05) is 11.1 Å². The summed E-state index contributed by atoms with van der Waals surface area (Å²) in [6.45, 7) is 5.06. The van der Waals surface area contributed by atoms with Gasteiger partial charge in [-0.25, -0.2) is 8.42 Å². The Balaban J connectivity index is 1.68. The quantitative estimate of drug-likeness (QED) is 0.561. The Hall–Kier alpha value is -2.38. The molecule has 0 spiro atoms. The van der Waals surface area contributed by atoms with E-state index < -0.39 is 14.6 Å². The zero-order chi connectivity index (χ0) is 20.4. The number of Topliss-reactive ketones (excluding diaryl/α,β-unsaturated/α-hetero) is 1. The first-order chi connectivity index (χ1) is 13.2. The third-order valence-electron chi connectivity index (χ3n) is 4.36. The number of ketones is 1. The maximum absolute atomic E-state index is 12.5. The van der Waals surface area contributed by atoms with Crippen molar-refractivity contribution >= 4 is 27.0 Å². The van der Waals surface area contributed by atoms with Crippen LogP contribution in [0.25, 0.3) is 10.6 Å². The summed E-state index contributed by atoms with van der Waals surface area (Å²) in [7, 11) is -3.26. The minimum absolute atomic E-state index is 0.0399. The van der Waals surface area contributed by atoms with E-state index in [-0.39, 0.29) is 18.0 Å². The number of hydrogen-bond donors (Lipinski definition) is 0. The van der Waals surface area contributed by atoms with Crippen molar-refractivity contribution in [1.29, 1.82) is 0 Å². The molecule has 0 bridgehead atoms. The van der Waals surface area contributed by atoms with Gasteiger partial charge in [0.15, 0.2) is 15.6 Å². The summed E-state index contributed by atoms with van der Waals surface area (Å²) in [6.07, 6.45) is 0.171. The molecule has 0 unspecified atom stereocenters. The number of aromatic nitrogens is 2. The van der Waals surface area contributed by atoms with Crippen LogP contribution < -0.4 is 0 Å². The molecule has 0 amide bonds. The molecule has 1 heterocycles. The van der Waals surface area contributed by atoms with E-state index in [1.54, 1.807) is 45.0 Å². The van der Waals surface area contributed by atoms with Crippen LogP contribution in [-0.2, 0) is 22.0 Å². The van der Waals surface area contributed by atoms with Crippen molar-refractivity contribution in [2.45, 2.75) is 37.7 Å². The molecule has 28 heavy (non-hydrogen) atoms. The topological polar surface area (TPSA) is 77.0 Å². The third kappa shape index (κ3) is 4.72. The van der Waals surface area contributed by atoms with E-state index in [4.69, 9.17) is 0 Å². The van der Waals surface area contributed by atoms with Gasteiger partial charge in [-0.2, -0.15) is 0 Å². The molecule has 3 aromatic rings. The fourth-order valence-electron chi connectivity index (χ4n) is 2.48. The summed E-state index contributed by atoms with van der Waals surface area (Å²) in [6, 6.07) is 16.5. The molecule has 0 saturated carbocycles. The van der Waals surface area contributed by atoms with Gasteiger partial charge in [-0.3, -0.25) is 4.79 Å². The molecule has 0 fully saturated rings. The van der Waals surface area contributed by atoms with E-state index in [0.717, 1.165) is 10.6 Å². The average Bonchev–Trinajstić information content (AvgIpc) is 3.10. The van der Waals surface area contributed by atoms with Gasteiger partial charge in [0.05, 0.1) is 16.9 Å². The normalized spacial score (nSPS) is 12.1. The first kappa shape index (κ1) is 20.4. The maximum atomic E-state index is 12.5. The van der Waals surface area contributed by atoms with Crippen LogP contribution in [0.1, 0.15) is 41.7 Å². The molecule has 0 aliphatic heterocycles. The van der Waals surface area contributed by atoms with Crippen LogP contribution >= 0.6 is 11.3 Å².